The van der Waals surface area contributed by atoms with Crippen LogP contribution in [0.4, 0.5) is 0 Å². The van der Waals surface area contributed by atoms with Crippen LogP contribution in [0.5, 0.6) is 5.75 Å². The van der Waals surface area contributed by atoms with E-state index in [9.17, 15) is 29.1 Å². The quantitative estimate of drug-likeness (QED) is 0.150. The van der Waals surface area contributed by atoms with Crippen molar-refractivity contribution < 1.29 is 33.8 Å². The number of carbonyl (C=O) groups excluding carboxylic acids is 4. The molecule has 0 radical (unpaired) electrons. The Labute approximate surface area is 316 Å². The number of aliphatic carboxylic acids is 1. The Bertz CT molecular complexity index is 2040. The van der Waals surface area contributed by atoms with E-state index in [1.165, 1.54) is 11.3 Å². The van der Waals surface area contributed by atoms with Crippen molar-refractivity contribution in [2.75, 3.05) is 6.61 Å². The highest BCUT2D eigenvalue weighted by atomic mass is 32.1. The number of carboxylic acids is 1. The molecule has 0 aliphatic carbocycles. The first-order valence-electron chi connectivity index (χ1n) is 17.6. The fourth-order valence-corrected chi connectivity index (χ4v) is 6.92. The molecule has 1 unspecified atom stereocenters. The molecular formula is C42H40N4O7S. The Kier molecular flexibility index (Phi) is 12.5. The number of carboxylic acid groups (broad SMARTS) is 1. The molecule has 12 heteroatoms. The zero-order valence-corrected chi connectivity index (χ0v) is 30.1. The Morgan fingerprint density at radius 1 is 0.611 bits per heavy atom. The maximum absolute atomic E-state index is 14.3. The highest BCUT2D eigenvalue weighted by Gasteiger charge is 2.32. The van der Waals surface area contributed by atoms with Crippen LogP contribution in [0.3, 0.4) is 0 Å². The van der Waals surface area contributed by atoms with E-state index in [1.54, 1.807) is 48.5 Å². The maximum atomic E-state index is 14.3. The number of benzene rings is 4. The second-order valence-corrected chi connectivity index (χ2v) is 14.1. The molecule has 2 bridgehead atoms. The molecule has 0 fully saturated rings. The van der Waals surface area contributed by atoms with Crippen LogP contribution in [-0.2, 0) is 49.7 Å². The van der Waals surface area contributed by atoms with Crippen LogP contribution in [0.25, 0.3) is 11.1 Å². The van der Waals surface area contributed by atoms with Gasteiger partial charge in [-0.1, -0.05) is 103 Å². The lowest BCUT2D eigenvalue weighted by Crippen LogP contribution is -2.59. The molecule has 4 aromatic carbocycles. The molecule has 0 saturated heterocycles. The van der Waals surface area contributed by atoms with Gasteiger partial charge in [-0.05, 0) is 51.4 Å². The van der Waals surface area contributed by atoms with Crippen molar-refractivity contribution in [3.63, 3.8) is 0 Å². The van der Waals surface area contributed by atoms with Crippen LogP contribution in [-0.4, -0.2) is 65.5 Å². The van der Waals surface area contributed by atoms with Gasteiger partial charge < -0.3 is 31.1 Å². The molecule has 3 heterocycles. The normalized spacial score (nSPS) is 19.9. The number of hydrogen-bond acceptors (Lipinski definition) is 7. The molecule has 1 aromatic heterocycles. The Hall–Kier alpha value is -6.27. The summed E-state index contributed by atoms with van der Waals surface area (Å²) >= 11 is 1.43. The summed E-state index contributed by atoms with van der Waals surface area (Å²) in [4.78, 5) is 68.6. The fourth-order valence-electron chi connectivity index (χ4n) is 6.17. The van der Waals surface area contributed by atoms with E-state index in [-0.39, 0.29) is 32.3 Å². The zero-order chi connectivity index (χ0) is 37.9. The van der Waals surface area contributed by atoms with Crippen molar-refractivity contribution in [2.45, 2.75) is 49.9 Å². The molecule has 4 amide bonds. The lowest BCUT2D eigenvalue weighted by molar-refractivity contribution is -0.142. The van der Waals surface area contributed by atoms with E-state index in [1.807, 2.05) is 78.2 Å². The second-order valence-electron chi connectivity index (χ2n) is 13.0. The summed E-state index contributed by atoms with van der Waals surface area (Å²) in [5.41, 5.74) is 4.06. The highest BCUT2D eigenvalue weighted by Crippen LogP contribution is 2.21. The minimum atomic E-state index is -1.32. The lowest BCUT2D eigenvalue weighted by atomic mass is 9.99. The summed E-state index contributed by atoms with van der Waals surface area (Å²) in [5.74, 6) is -3.39. The third-order valence-corrected chi connectivity index (χ3v) is 9.93. The van der Waals surface area contributed by atoms with Crippen molar-refractivity contribution in [3.05, 3.63) is 148 Å². The van der Waals surface area contributed by atoms with Gasteiger partial charge in [-0.3, -0.25) is 19.2 Å². The SMILES string of the molecule is O=C1COc2ccc(cc2)CC(C(=O)O)NC(=O)[C@H](Cc2ccccc2)NC(=O)[C@H](Cc2ccc(-c3ccccc3)cc2)NC(=O)[C@H](Cc2cccs2)N1. The van der Waals surface area contributed by atoms with Crippen LogP contribution in [0, 0.1) is 0 Å². The molecule has 0 saturated carbocycles. The number of carbonyl (C=O) groups is 5. The number of amides is 4. The molecular weight excluding hydrogens is 705 g/mol. The molecule has 0 spiro atoms. The van der Waals surface area contributed by atoms with Gasteiger partial charge in [0.2, 0.25) is 17.7 Å². The van der Waals surface area contributed by atoms with Crippen molar-refractivity contribution in [1.29, 1.82) is 0 Å². The van der Waals surface area contributed by atoms with Gasteiger partial charge in [0.05, 0.1) is 0 Å². The number of hydrogen-bond donors (Lipinski definition) is 5. The van der Waals surface area contributed by atoms with Crippen LogP contribution >= 0.6 is 11.3 Å². The predicted molar refractivity (Wildman–Crippen MR) is 205 cm³/mol. The van der Waals surface area contributed by atoms with Gasteiger partial charge in [-0.15, -0.1) is 11.3 Å². The number of rotatable bonds is 8. The lowest BCUT2D eigenvalue weighted by Gasteiger charge is -2.26. The first kappa shape index (κ1) is 37.5. The van der Waals surface area contributed by atoms with Crippen molar-refractivity contribution in [2.24, 2.45) is 0 Å². The standard InChI is InChI=1S/C42H40N4O7S/c47-38-26-53-32-19-15-29(16-20-32)24-37(42(51)52)46-40(49)34(22-27-8-3-1-4-9-27)44-39(48)35(45-41(50)36(43-38)25-33-12-7-21-54-33)23-28-13-17-31(18-14-28)30-10-5-2-6-11-30/h1-21,34-37H,22-26H2,(H,43,47)(H,44,48)(H,45,50)(H,46,49)(H,51,52)/t34-,35-,36-,37?/m0/s1. The minimum absolute atomic E-state index is 0.0457. The average molecular weight is 745 g/mol. The Morgan fingerprint density at radius 3 is 1.76 bits per heavy atom. The molecule has 2 aliphatic rings. The van der Waals surface area contributed by atoms with Crippen molar-refractivity contribution in [1.82, 2.24) is 21.3 Å². The average Bonchev–Trinajstić information content (AvgIpc) is 3.70. The largest absolute Gasteiger partial charge is 0.484 e. The number of thiophene rings is 1. The predicted octanol–water partition coefficient (Wildman–Crippen LogP) is 4.10. The summed E-state index contributed by atoms with van der Waals surface area (Å²) in [6, 6.07) is 31.9. The molecule has 5 aromatic rings. The van der Waals surface area contributed by atoms with Gasteiger partial charge >= 0.3 is 5.97 Å². The first-order valence-corrected chi connectivity index (χ1v) is 18.4. The van der Waals surface area contributed by atoms with Gasteiger partial charge in [0.15, 0.2) is 6.61 Å². The van der Waals surface area contributed by atoms with Gasteiger partial charge in [0.1, 0.15) is 29.9 Å². The molecule has 5 N–H and O–H groups in total. The number of ether oxygens (including phenoxy) is 1. The number of fused-ring (bicyclic) bond motifs is 16. The van der Waals surface area contributed by atoms with Crippen LogP contribution in [0.2, 0.25) is 0 Å². The van der Waals surface area contributed by atoms with Crippen molar-refractivity contribution in [3.8, 4) is 16.9 Å². The molecule has 11 nitrogen and oxygen atoms in total. The van der Waals surface area contributed by atoms with Gasteiger partial charge in [0, 0.05) is 30.6 Å². The van der Waals surface area contributed by atoms with Crippen LogP contribution in [0.15, 0.2) is 127 Å². The van der Waals surface area contributed by atoms with Gasteiger partial charge in [-0.25, -0.2) is 4.79 Å². The highest BCUT2D eigenvalue weighted by molar-refractivity contribution is 7.09. The summed E-state index contributed by atoms with van der Waals surface area (Å²) in [6.45, 7) is -0.389. The minimum Gasteiger partial charge on any atom is -0.484 e. The van der Waals surface area contributed by atoms with Crippen LogP contribution < -0.4 is 26.0 Å². The van der Waals surface area contributed by atoms with E-state index in [0.29, 0.717) is 11.3 Å². The number of nitrogens with one attached hydrogen (secondary N) is 4. The van der Waals surface area contributed by atoms with Gasteiger partial charge in [-0.2, -0.15) is 0 Å². The fraction of sp³-hybridized carbons (Fsp3) is 0.214. The smallest absolute Gasteiger partial charge is 0.326 e. The first-order chi connectivity index (χ1) is 26.2. The van der Waals surface area contributed by atoms with E-state index in [4.69, 9.17) is 4.74 Å². The molecule has 2 aliphatic heterocycles. The summed E-state index contributed by atoms with van der Waals surface area (Å²) < 4.78 is 5.68. The molecule has 4 atom stereocenters. The van der Waals surface area contributed by atoms with Gasteiger partial charge in [0.25, 0.3) is 5.91 Å². The molecule has 54 heavy (non-hydrogen) atoms. The zero-order valence-electron chi connectivity index (χ0n) is 29.3. The maximum Gasteiger partial charge on any atom is 0.326 e. The van der Waals surface area contributed by atoms with Crippen molar-refractivity contribution >= 4 is 40.9 Å². The van der Waals surface area contributed by atoms with Crippen LogP contribution in [0.1, 0.15) is 21.6 Å². The van der Waals surface area contributed by atoms with E-state index >= 15 is 0 Å². The second kappa shape index (κ2) is 18.0. The summed E-state index contributed by atoms with van der Waals surface area (Å²) in [6.07, 6.45) is 0.233. The third-order valence-electron chi connectivity index (χ3n) is 9.03. The molecule has 276 valence electrons. The van der Waals surface area contributed by atoms with E-state index in [0.717, 1.165) is 27.1 Å². The van der Waals surface area contributed by atoms with E-state index < -0.39 is 53.8 Å². The summed E-state index contributed by atoms with van der Waals surface area (Å²) in [5, 5.41) is 23.0. The van der Waals surface area contributed by atoms with E-state index in [2.05, 4.69) is 21.3 Å². The topological polar surface area (TPSA) is 163 Å². The Morgan fingerprint density at radius 2 is 1.17 bits per heavy atom. The molecule has 7 rings (SSSR count). The Balaban J connectivity index is 1.34. The monoisotopic (exact) mass is 744 g/mol. The third kappa shape index (κ3) is 10.4. The summed E-state index contributed by atoms with van der Waals surface area (Å²) in [7, 11) is 0.